The minimum Gasteiger partial charge on any atom is -0.325 e. The Kier molecular flexibility index (Phi) is 7.41. The monoisotopic (exact) mass is 554 g/mol. The first kappa shape index (κ1) is 26.9. The normalized spacial score (nSPS) is 20.1. The number of carbonyl (C=O) groups is 1. The molecular formula is C37H31O3P. The van der Waals surface area contributed by atoms with Crippen LogP contribution in [0, 0.1) is 0 Å². The van der Waals surface area contributed by atoms with Crippen molar-refractivity contribution in [1.29, 1.82) is 0 Å². The lowest BCUT2D eigenvalue weighted by atomic mass is 9.77. The largest absolute Gasteiger partial charge is 0.325 e. The van der Waals surface area contributed by atoms with Crippen LogP contribution in [0.1, 0.15) is 35.1 Å². The number of ketones is 1. The maximum Gasteiger partial charge on any atom is 0.251 e. The van der Waals surface area contributed by atoms with E-state index in [1.165, 1.54) is 0 Å². The molecule has 0 heterocycles. The molecule has 0 aromatic heterocycles. The number of carbonyl (C=O) groups excluding carboxylic acids is 1. The molecule has 3 atom stereocenters. The molecule has 1 aliphatic rings. The van der Waals surface area contributed by atoms with Crippen LogP contribution in [0.3, 0.4) is 0 Å². The second kappa shape index (κ2) is 11.3. The predicted octanol–water partition coefficient (Wildman–Crippen LogP) is 8.50. The van der Waals surface area contributed by atoms with Crippen LogP contribution in [0.25, 0.3) is 11.1 Å². The van der Waals surface area contributed by atoms with Gasteiger partial charge in [-0.3, -0.25) is 9.36 Å². The Labute approximate surface area is 241 Å². The molecule has 6 rings (SSSR count). The lowest BCUT2D eigenvalue weighted by molar-refractivity contribution is -0.116. The number of hydrogen-bond donors (Lipinski definition) is 0. The van der Waals surface area contributed by atoms with Crippen LogP contribution >= 0.6 is 7.37 Å². The van der Waals surface area contributed by atoms with Gasteiger partial charge in [-0.2, -0.15) is 0 Å². The van der Waals surface area contributed by atoms with Gasteiger partial charge in [0.25, 0.3) is 7.37 Å². The van der Waals surface area contributed by atoms with E-state index in [2.05, 4.69) is 0 Å². The molecule has 41 heavy (non-hydrogen) atoms. The van der Waals surface area contributed by atoms with Crippen molar-refractivity contribution in [3.8, 4) is 0 Å². The van der Waals surface area contributed by atoms with E-state index in [4.69, 9.17) is 4.52 Å². The molecule has 202 valence electrons. The third-order valence-corrected chi connectivity index (χ3v) is 11.2. The lowest BCUT2D eigenvalue weighted by Gasteiger charge is -2.42. The number of rotatable bonds is 8. The Morgan fingerprint density at radius 1 is 0.634 bits per heavy atom. The summed E-state index contributed by atoms with van der Waals surface area (Å²) in [4.78, 5) is 15.6. The highest BCUT2D eigenvalue weighted by atomic mass is 31.2. The van der Waals surface area contributed by atoms with Gasteiger partial charge in [0.15, 0.2) is 5.78 Å². The summed E-state index contributed by atoms with van der Waals surface area (Å²) in [6.07, 6.45) is 0. The topological polar surface area (TPSA) is 43.4 Å². The molecule has 0 fully saturated rings. The van der Waals surface area contributed by atoms with E-state index in [1.54, 1.807) is 0 Å². The minimum atomic E-state index is -3.96. The molecule has 0 aliphatic heterocycles. The SMILES string of the molecule is CCOP(=O)(c1ccccc1)[C@]1(c2ccccc2)C(=O)C(c2ccccc2)=C(c2ccccc2)[C@H]1c1ccccc1. The molecule has 0 radical (unpaired) electrons. The molecule has 0 saturated heterocycles. The number of hydrogen-bond acceptors (Lipinski definition) is 3. The van der Waals surface area contributed by atoms with Crippen molar-refractivity contribution < 1.29 is 13.9 Å². The molecule has 1 aliphatic carbocycles. The summed E-state index contributed by atoms with van der Waals surface area (Å²) in [5.74, 6) is -0.781. The van der Waals surface area contributed by atoms with Crippen LogP contribution in [0.5, 0.6) is 0 Å². The third-order valence-electron chi connectivity index (χ3n) is 7.91. The van der Waals surface area contributed by atoms with Gasteiger partial charge in [-0.1, -0.05) is 140 Å². The summed E-state index contributed by atoms with van der Waals surface area (Å²) in [6.45, 7) is 2.03. The van der Waals surface area contributed by atoms with Crippen molar-refractivity contribution in [3.05, 3.63) is 174 Å². The van der Waals surface area contributed by atoms with Crippen LogP contribution < -0.4 is 5.30 Å². The molecule has 5 aromatic rings. The zero-order valence-electron chi connectivity index (χ0n) is 22.9. The molecule has 0 spiro atoms. The Morgan fingerprint density at radius 3 is 1.63 bits per heavy atom. The maximum atomic E-state index is 16.0. The summed E-state index contributed by atoms with van der Waals surface area (Å²) in [6, 6.07) is 48.7. The molecule has 0 N–H and O–H groups in total. The lowest BCUT2D eigenvalue weighted by Crippen LogP contribution is -2.42. The summed E-state index contributed by atoms with van der Waals surface area (Å²) in [5, 5.41) is -1.02. The van der Waals surface area contributed by atoms with E-state index in [1.807, 2.05) is 159 Å². The highest BCUT2D eigenvalue weighted by Crippen LogP contribution is 2.75. The summed E-state index contributed by atoms with van der Waals surface area (Å²) in [7, 11) is -3.96. The van der Waals surface area contributed by atoms with Gasteiger partial charge >= 0.3 is 0 Å². The van der Waals surface area contributed by atoms with Crippen molar-refractivity contribution in [3.63, 3.8) is 0 Å². The molecule has 0 saturated carbocycles. The Balaban J connectivity index is 1.82. The van der Waals surface area contributed by atoms with Crippen molar-refractivity contribution in [1.82, 2.24) is 0 Å². The Bertz CT molecular complexity index is 1720. The fraction of sp³-hybridized carbons (Fsp3) is 0.108. The van der Waals surface area contributed by atoms with Crippen molar-refractivity contribution >= 4 is 29.6 Å². The van der Waals surface area contributed by atoms with Crippen LogP contribution in [-0.2, 0) is 19.0 Å². The van der Waals surface area contributed by atoms with Gasteiger partial charge in [0.2, 0.25) is 0 Å². The van der Waals surface area contributed by atoms with E-state index in [9.17, 15) is 0 Å². The first-order chi connectivity index (χ1) is 20.1. The second-order valence-corrected chi connectivity index (χ2v) is 12.7. The molecule has 3 nitrogen and oxygen atoms in total. The number of allylic oxidation sites excluding steroid dienone is 2. The van der Waals surface area contributed by atoms with Gasteiger partial charge in [-0.25, -0.2) is 0 Å². The average Bonchev–Trinajstić information content (AvgIpc) is 3.33. The molecule has 4 heteroatoms. The fourth-order valence-corrected chi connectivity index (χ4v) is 9.49. The first-order valence-electron chi connectivity index (χ1n) is 13.9. The first-order valence-corrected chi connectivity index (χ1v) is 15.6. The van der Waals surface area contributed by atoms with Crippen molar-refractivity contribution in [2.24, 2.45) is 0 Å². The van der Waals surface area contributed by atoms with Gasteiger partial charge < -0.3 is 4.52 Å². The van der Waals surface area contributed by atoms with Gasteiger partial charge in [0, 0.05) is 16.8 Å². The number of benzene rings is 5. The molecule has 0 amide bonds. The van der Waals surface area contributed by atoms with Crippen LogP contribution in [0.4, 0.5) is 0 Å². The average molecular weight is 555 g/mol. The molecular weight excluding hydrogens is 523 g/mol. The zero-order chi connectivity index (χ0) is 28.3. The van der Waals surface area contributed by atoms with Crippen molar-refractivity contribution in [2.75, 3.05) is 6.61 Å². The predicted molar refractivity (Wildman–Crippen MR) is 167 cm³/mol. The van der Waals surface area contributed by atoms with E-state index < -0.39 is 18.4 Å². The van der Waals surface area contributed by atoms with E-state index in [0.717, 1.165) is 22.3 Å². The van der Waals surface area contributed by atoms with E-state index in [-0.39, 0.29) is 12.4 Å². The van der Waals surface area contributed by atoms with Gasteiger partial charge in [-0.15, -0.1) is 0 Å². The standard InChI is InChI=1S/C37H31O3P/c1-2-40-41(39,32-26-16-7-17-27-32)37(31-24-14-6-15-25-31)35(30-22-12-5-13-23-30)33(28-18-8-3-9-19-28)34(36(37)38)29-20-10-4-11-21-29/h3-27,35H,2H2,1H3/t35-,37+,41?/m1/s1. The zero-order valence-corrected chi connectivity index (χ0v) is 23.8. The van der Waals surface area contributed by atoms with Crippen LogP contribution in [-0.4, -0.2) is 12.4 Å². The smallest absolute Gasteiger partial charge is 0.251 e. The van der Waals surface area contributed by atoms with E-state index >= 15 is 9.36 Å². The van der Waals surface area contributed by atoms with Gasteiger partial charge in [-0.05, 0) is 46.9 Å². The Hall–Kier alpha value is -4.30. The van der Waals surface area contributed by atoms with E-state index in [0.29, 0.717) is 16.4 Å². The summed E-state index contributed by atoms with van der Waals surface area (Å²) < 4.78 is 22.5. The fourth-order valence-electron chi connectivity index (χ4n) is 6.32. The summed E-state index contributed by atoms with van der Waals surface area (Å²) >= 11 is 0. The van der Waals surface area contributed by atoms with Crippen LogP contribution in [0.2, 0.25) is 0 Å². The third kappa shape index (κ3) is 4.34. The molecule has 0 bridgehead atoms. The highest BCUT2D eigenvalue weighted by Gasteiger charge is 2.67. The maximum absolute atomic E-state index is 16.0. The quantitative estimate of drug-likeness (QED) is 0.181. The highest BCUT2D eigenvalue weighted by molar-refractivity contribution is 7.69. The van der Waals surface area contributed by atoms with Crippen LogP contribution in [0.15, 0.2) is 152 Å². The van der Waals surface area contributed by atoms with Gasteiger partial charge in [0.1, 0.15) is 5.16 Å². The molecule has 1 unspecified atom stereocenters. The Morgan fingerprint density at radius 2 is 1.10 bits per heavy atom. The number of Topliss-reactive ketones (excluding diaryl/α,β-unsaturated/α-hetero) is 1. The molecule has 5 aromatic carbocycles. The minimum absolute atomic E-state index is 0.191. The summed E-state index contributed by atoms with van der Waals surface area (Å²) in [5.41, 5.74) is 4.73. The van der Waals surface area contributed by atoms with Crippen molar-refractivity contribution in [2.45, 2.75) is 18.0 Å². The second-order valence-electron chi connectivity index (χ2n) is 10.1. The van der Waals surface area contributed by atoms with Gasteiger partial charge in [0.05, 0.1) is 6.61 Å².